The summed E-state index contributed by atoms with van der Waals surface area (Å²) >= 11 is 0. The third-order valence-corrected chi connectivity index (χ3v) is 4.71. The highest BCUT2D eigenvalue weighted by Crippen LogP contribution is 2.23. The van der Waals surface area contributed by atoms with Crippen LogP contribution in [-0.4, -0.2) is 29.7 Å². The molecule has 0 fully saturated rings. The maximum atomic E-state index is 12.5. The van der Waals surface area contributed by atoms with Gasteiger partial charge in [0, 0.05) is 19.2 Å². The first-order valence-electron chi connectivity index (χ1n) is 9.09. The van der Waals surface area contributed by atoms with Crippen molar-refractivity contribution in [1.82, 2.24) is 10.2 Å². The summed E-state index contributed by atoms with van der Waals surface area (Å²) in [7, 11) is 1.43. The first-order valence-corrected chi connectivity index (χ1v) is 9.09. The molecule has 0 unspecified atom stereocenters. The van der Waals surface area contributed by atoms with Gasteiger partial charge >= 0.3 is 0 Å². The summed E-state index contributed by atoms with van der Waals surface area (Å²) in [4.78, 5) is 37.5. The van der Waals surface area contributed by atoms with Crippen molar-refractivity contribution >= 4 is 17.7 Å². The molecule has 3 aromatic rings. The Morgan fingerprint density at radius 2 is 1.52 bits per heavy atom. The Labute approximate surface area is 167 Å². The minimum absolute atomic E-state index is 0.257. The number of amides is 3. The molecule has 3 amide bonds. The van der Waals surface area contributed by atoms with E-state index in [4.69, 9.17) is 4.74 Å². The Morgan fingerprint density at radius 1 is 0.862 bits per heavy atom. The second kappa shape index (κ2) is 7.59. The van der Waals surface area contributed by atoms with E-state index in [2.05, 4.69) is 5.32 Å². The molecule has 0 aromatic heterocycles. The summed E-state index contributed by atoms with van der Waals surface area (Å²) in [6, 6.07) is 21.4. The monoisotopic (exact) mass is 386 g/mol. The lowest BCUT2D eigenvalue weighted by atomic mass is 10.1. The molecule has 0 atom stereocenters. The predicted octanol–water partition coefficient (Wildman–Crippen LogP) is 3.63. The Hall–Kier alpha value is -3.93. The van der Waals surface area contributed by atoms with Crippen LogP contribution in [0.3, 0.4) is 0 Å². The summed E-state index contributed by atoms with van der Waals surface area (Å²) in [5.74, 6) is 0.400. The molecule has 1 aliphatic heterocycles. The maximum Gasteiger partial charge on any atom is 0.261 e. The summed E-state index contributed by atoms with van der Waals surface area (Å²) in [6.45, 7) is 0.328. The van der Waals surface area contributed by atoms with E-state index in [1.807, 2.05) is 54.6 Å². The number of nitrogens with zero attached hydrogens (tertiary/aromatic N) is 1. The predicted molar refractivity (Wildman–Crippen MR) is 107 cm³/mol. The number of ether oxygens (including phenoxy) is 1. The molecule has 0 bridgehead atoms. The Kier molecular flexibility index (Phi) is 4.83. The Bertz CT molecular complexity index is 1090. The fourth-order valence-corrected chi connectivity index (χ4v) is 3.09. The topological polar surface area (TPSA) is 75.7 Å². The summed E-state index contributed by atoms with van der Waals surface area (Å²) in [5, 5.41) is 2.82. The minimum Gasteiger partial charge on any atom is -0.457 e. The van der Waals surface area contributed by atoms with Gasteiger partial charge in [-0.25, -0.2) is 0 Å². The number of hydrogen-bond acceptors (Lipinski definition) is 4. The van der Waals surface area contributed by atoms with E-state index in [1.165, 1.54) is 19.2 Å². The van der Waals surface area contributed by atoms with E-state index in [0.717, 1.165) is 16.2 Å². The van der Waals surface area contributed by atoms with Crippen molar-refractivity contribution in [3.63, 3.8) is 0 Å². The number of para-hydroxylation sites is 1. The molecule has 1 aliphatic rings. The SMILES string of the molecule is CN1C(=O)c2ccc(C(=O)NCc3ccc(Oc4ccccc4)cc3)cc2C1=O. The van der Waals surface area contributed by atoms with E-state index in [-0.39, 0.29) is 17.4 Å². The number of hydrogen-bond donors (Lipinski definition) is 1. The van der Waals surface area contributed by atoms with Crippen LogP contribution in [0, 0.1) is 0 Å². The molecule has 29 heavy (non-hydrogen) atoms. The van der Waals surface area contributed by atoms with Gasteiger partial charge in [-0.1, -0.05) is 30.3 Å². The molecule has 0 radical (unpaired) electrons. The molecule has 6 heteroatoms. The quantitative estimate of drug-likeness (QED) is 0.680. The average Bonchev–Trinajstić information content (AvgIpc) is 2.97. The lowest BCUT2D eigenvalue weighted by molar-refractivity contribution is 0.0693. The molecule has 1 N–H and O–H groups in total. The van der Waals surface area contributed by atoms with Crippen LogP contribution in [0.5, 0.6) is 11.5 Å². The molecular weight excluding hydrogens is 368 g/mol. The van der Waals surface area contributed by atoms with Crippen LogP contribution in [0.1, 0.15) is 36.6 Å². The van der Waals surface area contributed by atoms with E-state index < -0.39 is 5.91 Å². The zero-order chi connectivity index (χ0) is 20.4. The molecule has 144 valence electrons. The third-order valence-electron chi connectivity index (χ3n) is 4.71. The lowest BCUT2D eigenvalue weighted by Crippen LogP contribution is -2.24. The standard InChI is InChI=1S/C23H18N2O4/c1-25-22(27)19-12-9-16(13-20(19)23(25)28)21(26)24-14-15-7-10-18(11-8-15)29-17-5-3-2-4-6-17/h2-13H,14H2,1H3,(H,24,26). The van der Waals surface area contributed by atoms with E-state index in [9.17, 15) is 14.4 Å². The van der Waals surface area contributed by atoms with Crippen LogP contribution in [0.15, 0.2) is 72.8 Å². The van der Waals surface area contributed by atoms with Gasteiger partial charge in [0.25, 0.3) is 17.7 Å². The average molecular weight is 386 g/mol. The zero-order valence-corrected chi connectivity index (χ0v) is 15.7. The minimum atomic E-state index is -0.395. The number of fused-ring (bicyclic) bond motifs is 1. The van der Waals surface area contributed by atoms with Gasteiger partial charge in [0.15, 0.2) is 0 Å². The van der Waals surface area contributed by atoms with E-state index >= 15 is 0 Å². The first kappa shape index (κ1) is 18.4. The van der Waals surface area contributed by atoms with Crippen LogP contribution in [-0.2, 0) is 6.54 Å². The summed E-state index contributed by atoms with van der Waals surface area (Å²) < 4.78 is 5.75. The Morgan fingerprint density at radius 3 is 2.24 bits per heavy atom. The maximum absolute atomic E-state index is 12.5. The zero-order valence-electron chi connectivity index (χ0n) is 15.7. The lowest BCUT2D eigenvalue weighted by Gasteiger charge is -2.08. The first-order chi connectivity index (χ1) is 14.0. The molecule has 0 spiro atoms. The van der Waals surface area contributed by atoms with Crippen molar-refractivity contribution in [2.75, 3.05) is 7.05 Å². The van der Waals surface area contributed by atoms with Crippen molar-refractivity contribution in [3.05, 3.63) is 95.1 Å². The largest absolute Gasteiger partial charge is 0.457 e. The van der Waals surface area contributed by atoms with E-state index in [1.54, 1.807) is 6.07 Å². The molecule has 1 heterocycles. The summed E-state index contributed by atoms with van der Waals surface area (Å²) in [5.41, 5.74) is 1.82. The van der Waals surface area contributed by atoms with Gasteiger partial charge in [0.05, 0.1) is 11.1 Å². The van der Waals surface area contributed by atoms with Crippen molar-refractivity contribution in [1.29, 1.82) is 0 Å². The highest BCUT2D eigenvalue weighted by Gasteiger charge is 2.33. The molecular formula is C23H18N2O4. The molecule has 0 aliphatic carbocycles. The van der Waals surface area contributed by atoms with Crippen molar-refractivity contribution < 1.29 is 19.1 Å². The number of nitrogens with one attached hydrogen (secondary N) is 1. The number of rotatable bonds is 5. The molecule has 3 aromatic carbocycles. The number of carbonyl (C=O) groups is 3. The Balaban J connectivity index is 1.39. The van der Waals surface area contributed by atoms with Crippen LogP contribution < -0.4 is 10.1 Å². The van der Waals surface area contributed by atoms with Crippen LogP contribution in [0.25, 0.3) is 0 Å². The van der Waals surface area contributed by atoms with Gasteiger partial charge in [0.2, 0.25) is 0 Å². The van der Waals surface area contributed by atoms with Crippen LogP contribution in [0.4, 0.5) is 0 Å². The van der Waals surface area contributed by atoms with Crippen molar-refractivity contribution in [2.24, 2.45) is 0 Å². The normalized spacial score (nSPS) is 12.7. The van der Waals surface area contributed by atoms with Crippen LogP contribution in [0.2, 0.25) is 0 Å². The molecule has 0 saturated heterocycles. The highest BCUT2D eigenvalue weighted by atomic mass is 16.5. The van der Waals surface area contributed by atoms with Gasteiger partial charge in [-0.2, -0.15) is 0 Å². The fourth-order valence-electron chi connectivity index (χ4n) is 3.09. The van der Waals surface area contributed by atoms with Gasteiger partial charge in [0.1, 0.15) is 11.5 Å². The number of benzene rings is 3. The number of imide groups is 1. The second-order valence-electron chi connectivity index (χ2n) is 6.67. The van der Waals surface area contributed by atoms with Crippen LogP contribution >= 0.6 is 0 Å². The highest BCUT2D eigenvalue weighted by molar-refractivity contribution is 6.21. The number of carbonyl (C=O) groups excluding carboxylic acids is 3. The van der Waals surface area contributed by atoms with Gasteiger partial charge < -0.3 is 10.1 Å². The smallest absolute Gasteiger partial charge is 0.261 e. The summed E-state index contributed by atoms with van der Waals surface area (Å²) in [6.07, 6.45) is 0. The second-order valence-corrected chi connectivity index (χ2v) is 6.67. The molecule has 4 rings (SSSR count). The molecule has 6 nitrogen and oxygen atoms in total. The van der Waals surface area contributed by atoms with Crippen molar-refractivity contribution in [2.45, 2.75) is 6.54 Å². The molecule has 0 saturated carbocycles. The fraction of sp³-hybridized carbons (Fsp3) is 0.0870. The third kappa shape index (κ3) is 3.73. The van der Waals surface area contributed by atoms with E-state index in [0.29, 0.717) is 23.4 Å². The van der Waals surface area contributed by atoms with Gasteiger partial charge in [-0.15, -0.1) is 0 Å². The van der Waals surface area contributed by atoms with Gasteiger partial charge in [-0.05, 0) is 48.0 Å². The van der Waals surface area contributed by atoms with Crippen molar-refractivity contribution in [3.8, 4) is 11.5 Å². The van der Waals surface area contributed by atoms with Gasteiger partial charge in [-0.3, -0.25) is 19.3 Å².